The number of hydrogen-bond donors (Lipinski definition) is 1. The number of nitrogens with zero attached hydrogens (tertiary/aromatic N) is 5. The quantitative estimate of drug-likeness (QED) is 0.431. The lowest BCUT2D eigenvalue weighted by molar-refractivity contribution is 0.731. The predicted molar refractivity (Wildman–Crippen MR) is 120 cm³/mol. The van der Waals surface area contributed by atoms with Crippen LogP contribution in [0.5, 0.6) is 0 Å². The van der Waals surface area contributed by atoms with E-state index >= 15 is 0 Å². The Labute approximate surface area is 175 Å². The van der Waals surface area contributed by atoms with Crippen molar-refractivity contribution in [1.82, 2.24) is 24.5 Å². The molecular formula is C20H25BrN6Si. The SMILES string of the molecule is Cc1nc(C#C[Si](C)(C)C(C)(C)C)cnc1-c1c(Br)c2c(N)ncnc2n1C. The fourth-order valence-corrected chi connectivity index (χ4v) is 4.32. The zero-order chi connectivity index (χ0) is 20.9. The van der Waals surface area contributed by atoms with Crippen LogP contribution >= 0.6 is 15.9 Å². The molecule has 3 aromatic rings. The van der Waals surface area contributed by atoms with Crippen LogP contribution in [0.1, 0.15) is 32.2 Å². The first-order chi connectivity index (χ1) is 12.9. The van der Waals surface area contributed by atoms with Gasteiger partial charge < -0.3 is 10.3 Å². The van der Waals surface area contributed by atoms with E-state index in [1.165, 1.54) is 6.33 Å². The molecule has 3 rings (SSSR count). The van der Waals surface area contributed by atoms with Gasteiger partial charge in [-0.1, -0.05) is 39.8 Å². The maximum atomic E-state index is 6.05. The number of anilines is 1. The van der Waals surface area contributed by atoms with Gasteiger partial charge in [-0.05, 0) is 27.9 Å². The third-order valence-electron chi connectivity index (χ3n) is 5.49. The normalized spacial score (nSPS) is 12.1. The number of rotatable bonds is 1. The van der Waals surface area contributed by atoms with Crippen LogP contribution in [0.2, 0.25) is 18.1 Å². The summed E-state index contributed by atoms with van der Waals surface area (Å²) in [6.07, 6.45) is 3.20. The molecule has 0 radical (unpaired) electrons. The van der Waals surface area contributed by atoms with Crippen molar-refractivity contribution in [3.8, 4) is 22.9 Å². The minimum Gasteiger partial charge on any atom is -0.383 e. The highest BCUT2D eigenvalue weighted by atomic mass is 79.9. The van der Waals surface area contributed by atoms with Crippen LogP contribution in [-0.2, 0) is 7.05 Å². The van der Waals surface area contributed by atoms with Gasteiger partial charge in [0.25, 0.3) is 0 Å². The third kappa shape index (κ3) is 3.45. The zero-order valence-corrected chi connectivity index (χ0v) is 19.9. The highest BCUT2D eigenvalue weighted by Gasteiger charge is 2.33. The first-order valence-corrected chi connectivity index (χ1v) is 12.8. The molecule has 0 bridgehead atoms. The molecule has 0 amide bonds. The molecule has 0 fully saturated rings. The molecule has 3 heterocycles. The Morgan fingerprint density at radius 2 is 1.86 bits per heavy atom. The zero-order valence-electron chi connectivity index (χ0n) is 17.3. The van der Waals surface area contributed by atoms with Gasteiger partial charge in [-0.3, -0.25) is 0 Å². The molecule has 0 spiro atoms. The molecule has 3 aromatic heterocycles. The molecule has 6 nitrogen and oxygen atoms in total. The summed E-state index contributed by atoms with van der Waals surface area (Å²) in [5, 5.41) is 0.986. The van der Waals surface area contributed by atoms with Gasteiger partial charge >= 0.3 is 0 Å². The monoisotopic (exact) mass is 456 g/mol. The number of halogens is 1. The van der Waals surface area contributed by atoms with E-state index in [4.69, 9.17) is 10.7 Å². The highest BCUT2D eigenvalue weighted by Crippen LogP contribution is 2.38. The van der Waals surface area contributed by atoms with E-state index < -0.39 is 8.07 Å². The summed E-state index contributed by atoms with van der Waals surface area (Å²) in [6, 6.07) is 0. The number of nitrogens with two attached hydrogens (primary N) is 1. The fraction of sp³-hybridized carbons (Fsp3) is 0.400. The average Bonchev–Trinajstić information content (AvgIpc) is 2.85. The van der Waals surface area contributed by atoms with Crippen molar-refractivity contribution in [3.63, 3.8) is 0 Å². The lowest BCUT2D eigenvalue weighted by Gasteiger charge is -2.31. The number of aryl methyl sites for hydroxylation is 2. The minimum absolute atomic E-state index is 0.206. The van der Waals surface area contributed by atoms with E-state index in [0.717, 1.165) is 32.6 Å². The van der Waals surface area contributed by atoms with Gasteiger partial charge in [-0.15, -0.1) is 5.54 Å². The molecule has 0 aromatic carbocycles. The van der Waals surface area contributed by atoms with Gasteiger partial charge in [0, 0.05) is 7.05 Å². The molecule has 0 saturated heterocycles. The maximum Gasteiger partial charge on any atom is 0.146 e. The standard InChI is InChI=1S/C20H25BrN6Si/c1-12-16(17-15(21)14-18(22)24-11-25-19(14)27(17)5)23-10-13(26-12)8-9-28(6,7)20(2,3)4/h10-11H,1-7H3,(H2,22,24,25). The molecule has 0 unspecified atom stereocenters. The van der Waals surface area contributed by atoms with E-state index in [2.05, 4.69) is 76.2 Å². The molecule has 0 saturated carbocycles. The summed E-state index contributed by atoms with van der Waals surface area (Å²) in [5.41, 5.74) is 13.4. The van der Waals surface area contributed by atoms with Crippen molar-refractivity contribution in [3.05, 3.63) is 28.4 Å². The summed E-state index contributed by atoms with van der Waals surface area (Å²) in [7, 11) is 0.233. The largest absolute Gasteiger partial charge is 0.383 e. The molecule has 8 heteroatoms. The summed E-state index contributed by atoms with van der Waals surface area (Å²) in [4.78, 5) is 17.8. The summed E-state index contributed by atoms with van der Waals surface area (Å²) >= 11 is 3.65. The molecule has 0 atom stereocenters. The van der Waals surface area contributed by atoms with Crippen molar-refractivity contribution in [2.24, 2.45) is 7.05 Å². The molecule has 2 N–H and O–H groups in total. The van der Waals surface area contributed by atoms with Crippen molar-refractivity contribution in [2.75, 3.05) is 5.73 Å². The molecule has 28 heavy (non-hydrogen) atoms. The summed E-state index contributed by atoms with van der Waals surface area (Å²) in [6.45, 7) is 13.3. The Bertz CT molecular complexity index is 1130. The predicted octanol–water partition coefficient (Wildman–Crippen LogP) is 4.48. The van der Waals surface area contributed by atoms with Gasteiger partial charge in [-0.25, -0.2) is 19.9 Å². The van der Waals surface area contributed by atoms with E-state index in [-0.39, 0.29) is 5.04 Å². The number of hydrogen-bond acceptors (Lipinski definition) is 5. The molecule has 0 aliphatic heterocycles. The van der Waals surface area contributed by atoms with Crippen LogP contribution in [-0.4, -0.2) is 32.6 Å². The van der Waals surface area contributed by atoms with E-state index in [1.54, 1.807) is 6.20 Å². The first-order valence-electron chi connectivity index (χ1n) is 9.05. The summed E-state index contributed by atoms with van der Waals surface area (Å²) in [5.74, 6) is 3.68. The second kappa shape index (κ2) is 6.98. The third-order valence-corrected chi connectivity index (χ3v) is 10.8. The van der Waals surface area contributed by atoms with Gasteiger partial charge in [-0.2, -0.15) is 0 Å². The van der Waals surface area contributed by atoms with Crippen LogP contribution in [0.25, 0.3) is 22.4 Å². The van der Waals surface area contributed by atoms with Gasteiger partial charge in [0.2, 0.25) is 0 Å². The fourth-order valence-electron chi connectivity index (χ4n) is 2.67. The number of aromatic nitrogens is 5. The van der Waals surface area contributed by atoms with Gasteiger partial charge in [0.1, 0.15) is 37.3 Å². The topological polar surface area (TPSA) is 82.5 Å². The summed E-state index contributed by atoms with van der Waals surface area (Å²) < 4.78 is 2.77. The van der Waals surface area contributed by atoms with Crippen LogP contribution in [0.4, 0.5) is 5.82 Å². The van der Waals surface area contributed by atoms with Crippen molar-refractivity contribution < 1.29 is 0 Å². The second-order valence-electron chi connectivity index (χ2n) is 8.49. The molecule has 146 valence electrons. The Kier molecular flexibility index (Phi) is 5.10. The van der Waals surface area contributed by atoms with E-state index in [9.17, 15) is 0 Å². The Morgan fingerprint density at radius 3 is 2.43 bits per heavy atom. The van der Waals surface area contributed by atoms with Gasteiger partial charge in [0.15, 0.2) is 0 Å². The smallest absolute Gasteiger partial charge is 0.146 e. The maximum absolute atomic E-state index is 6.05. The van der Waals surface area contributed by atoms with Crippen LogP contribution < -0.4 is 5.73 Å². The van der Waals surface area contributed by atoms with Crippen LogP contribution in [0.15, 0.2) is 17.0 Å². The van der Waals surface area contributed by atoms with Gasteiger partial charge in [0.05, 0.1) is 27.4 Å². The van der Waals surface area contributed by atoms with E-state index in [0.29, 0.717) is 11.5 Å². The molecule has 0 aliphatic rings. The highest BCUT2D eigenvalue weighted by molar-refractivity contribution is 9.10. The molecular weight excluding hydrogens is 432 g/mol. The lowest BCUT2D eigenvalue weighted by atomic mass is 10.2. The Balaban J connectivity index is 2.09. The Hall–Kier alpha value is -2.24. The van der Waals surface area contributed by atoms with Crippen molar-refractivity contribution in [2.45, 2.75) is 45.8 Å². The van der Waals surface area contributed by atoms with Crippen molar-refractivity contribution in [1.29, 1.82) is 0 Å². The van der Waals surface area contributed by atoms with Crippen molar-refractivity contribution >= 4 is 40.9 Å². The first kappa shape index (κ1) is 20.5. The number of fused-ring (bicyclic) bond motifs is 1. The van der Waals surface area contributed by atoms with Crippen LogP contribution in [0, 0.1) is 18.4 Å². The number of nitrogen functional groups attached to an aromatic ring is 1. The van der Waals surface area contributed by atoms with E-state index in [1.807, 2.05) is 18.5 Å². The lowest BCUT2D eigenvalue weighted by Crippen LogP contribution is -2.35. The Morgan fingerprint density at radius 1 is 1.18 bits per heavy atom. The average molecular weight is 457 g/mol. The molecule has 0 aliphatic carbocycles. The minimum atomic E-state index is -1.70. The second-order valence-corrected chi connectivity index (χ2v) is 14.3. The van der Waals surface area contributed by atoms with Crippen LogP contribution in [0.3, 0.4) is 0 Å².